The number of rotatable bonds is 11. The van der Waals surface area contributed by atoms with Crippen LogP contribution in [0.3, 0.4) is 0 Å². The molecule has 0 saturated carbocycles. The van der Waals surface area contributed by atoms with Gasteiger partial charge in [-0.05, 0) is 48.7 Å². The van der Waals surface area contributed by atoms with Gasteiger partial charge in [0.15, 0.2) is 11.5 Å². The summed E-state index contributed by atoms with van der Waals surface area (Å²) >= 11 is 6.11. The minimum absolute atomic E-state index is 0.273. The van der Waals surface area contributed by atoms with Crippen LogP contribution in [0.2, 0.25) is 5.02 Å². The van der Waals surface area contributed by atoms with Crippen LogP contribution in [-0.2, 0) is 4.79 Å². The van der Waals surface area contributed by atoms with Gasteiger partial charge in [-0.25, -0.2) is 0 Å². The lowest BCUT2D eigenvalue weighted by Crippen LogP contribution is -2.09. The van der Waals surface area contributed by atoms with Crippen molar-refractivity contribution in [3.8, 4) is 17.2 Å². The number of halogens is 1. The van der Waals surface area contributed by atoms with Crippen molar-refractivity contribution in [2.45, 2.75) is 39.5 Å². The number of carbonyl (C=O) groups excluding carboxylic acids is 1. The van der Waals surface area contributed by atoms with Crippen molar-refractivity contribution in [1.82, 2.24) is 0 Å². The van der Waals surface area contributed by atoms with Crippen molar-refractivity contribution in [3.63, 3.8) is 0 Å². The first-order chi connectivity index (χ1) is 14.5. The molecule has 0 fully saturated rings. The predicted molar refractivity (Wildman–Crippen MR) is 123 cm³/mol. The molecule has 0 radical (unpaired) electrons. The summed E-state index contributed by atoms with van der Waals surface area (Å²) in [6, 6.07) is 9.06. The Bertz CT molecular complexity index is 880. The monoisotopic (exact) mass is 431 g/mol. The van der Waals surface area contributed by atoms with Crippen LogP contribution >= 0.6 is 11.6 Å². The van der Waals surface area contributed by atoms with Crippen LogP contribution in [0.1, 0.15) is 43.7 Å². The molecule has 2 aromatic carbocycles. The Morgan fingerprint density at radius 3 is 2.50 bits per heavy atom. The molecule has 6 heteroatoms. The third-order valence-corrected chi connectivity index (χ3v) is 5.02. The number of carbonyl (C=O) groups is 1. The molecular formula is C24H30ClNO4. The molecule has 0 aromatic heterocycles. The normalized spacial score (nSPS) is 10.8. The van der Waals surface area contributed by atoms with Crippen LogP contribution in [0.4, 0.5) is 5.69 Å². The van der Waals surface area contributed by atoms with E-state index in [0.29, 0.717) is 34.6 Å². The number of methoxy groups -OCH3 is 2. The Labute approximate surface area is 184 Å². The topological polar surface area (TPSA) is 56.8 Å². The lowest BCUT2D eigenvalue weighted by atomic mass is 10.1. The third kappa shape index (κ3) is 6.99. The quantitative estimate of drug-likeness (QED) is 0.336. The summed E-state index contributed by atoms with van der Waals surface area (Å²) < 4.78 is 16.5. The lowest BCUT2D eigenvalue weighted by molar-refractivity contribution is -0.111. The highest BCUT2D eigenvalue weighted by molar-refractivity contribution is 6.31. The van der Waals surface area contributed by atoms with Crippen LogP contribution in [-0.4, -0.2) is 26.7 Å². The molecule has 1 N–H and O–H groups in total. The number of ether oxygens (including phenoxy) is 3. The summed E-state index contributed by atoms with van der Waals surface area (Å²) in [7, 11) is 3.14. The number of nitrogens with one attached hydrogen (secondary N) is 1. The lowest BCUT2D eigenvalue weighted by Gasteiger charge is -2.12. The van der Waals surface area contributed by atoms with Crippen LogP contribution in [0, 0.1) is 6.92 Å². The molecule has 162 valence electrons. The maximum Gasteiger partial charge on any atom is 0.248 e. The zero-order valence-corrected chi connectivity index (χ0v) is 18.8. The molecule has 0 aliphatic heterocycles. The molecule has 5 nitrogen and oxygen atoms in total. The molecule has 30 heavy (non-hydrogen) atoms. The zero-order chi connectivity index (χ0) is 21.9. The fourth-order valence-electron chi connectivity index (χ4n) is 2.89. The Balaban J connectivity index is 2.01. The van der Waals surface area contributed by atoms with Gasteiger partial charge in [-0.3, -0.25) is 4.79 Å². The minimum Gasteiger partial charge on any atom is -0.495 e. The van der Waals surface area contributed by atoms with Gasteiger partial charge < -0.3 is 19.5 Å². The highest BCUT2D eigenvalue weighted by Gasteiger charge is 2.09. The second-order valence-electron chi connectivity index (χ2n) is 6.94. The largest absolute Gasteiger partial charge is 0.495 e. The van der Waals surface area contributed by atoms with E-state index in [4.69, 9.17) is 25.8 Å². The van der Waals surface area contributed by atoms with E-state index in [1.807, 2.05) is 25.1 Å². The molecule has 0 atom stereocenters. The van der Waals surface area contributed by atoms with Gasteiger partial charge >= 0.3 is 0 Å². The second kappa shape index (κ2) is 12.1. The summed E-state index contributed by atoms with van der Waals surface area (Å²) in [4.78, 5) is 12.4. The zero-order valence-electron chi connectivity index (χ0n) is 18.1. The van der Waals surface area contributed by atoms with Crippen molar-refractivity contribution >= 4 is 29.3 Å². The van der Waals surface area contributed by atoms with Crippen LogP contribution in [0.25, 0.3) is 6.08 Å². The van der Waals surface area contributed by atoms with E-state index < -0.39 is 0 Å². The molecule has 2 rings (SSSR count). The van der Waals surface area contributed by atoms with Gasteiger partial charge in [-0.1, -0.05) is 43.9 Å². The predicted octanol–water partition coefficient (Wildman–Crippen LogP) is 6.28. The standard InChI is InChI=1S/C24H30ClNO4/c1-5-6-7-8-13-30-21-11-9-18(15-23(21)29-4)10-12-24(27)26-20-14-17(2)19(25)16-22(20)28-3/h9-12,14-16H,5-8,13H2,1-4H3,(H,26,27). The number of aryl methyl sites for hydroxylation is 1. The number of hydrogen-bond donors (Lipinski definition) is 1. The van der Waals surface area contributed by atoms with Gasteiger partial charge in [0, 0.05) is 17.2 Å². The third-order valence-electron chi connectivity index (χ3n) is 4.61. The first-order valence-electron chi connectivity index (χ1n) is 10.1. The number of amides is 1. The van der Waals surface area contributed by atoms with Crippen LogP contribution in [0.15, 0.2) is 36.4 Å². The molecule has 0 heterocycles. The van der Waals surface area contributed by atoms with Crippen molar-refractivity contribution in [2.75, 3.05) is 26.1 Å². The second-order valence-corrected chi connectivity index (χ2v) is 7.35. The van der Waals surface area contributed by atoms with Crippen molar-refractivity contribution in [2.24, 2.45) is 0 Å². The van der Waals surface area contributed by atoms with E-state index in [-0.39, 0.29) is 5.91 Å². The molecule has 0 aliphatic carbocycles. The Morgan fingerprint density at radius 2 is 1.80 bits per heavy atom. The summed E-state index contributed by atoms with van der Waals surface area (Å²) in [5, 5.41) is 3.40. The van der Waals surface area contributed by atoms with Gasteiger partial charge in [0.05, 0.1) is 26.5 Å². The fourth-order valence-corrected chi connectivity index (χ4v) is 3.05. The van der Waals surface area contributed by atoms with Gasteiger partial charge in [0.2, 0.25) is 5.91 Å². The molecule has 0 bridgehead atoms. The first-order valence-corrected chi connectivity index (χ1v) is 10.5. The van der Waals surface area contributed by atoms with E-state index in [0.717, 1.165) is 24.0 Å². The summed E-state index contributed by atoms with van der Waals surface area (Å²) in [5.74, 6) is 1.58. The van der Waals surface area contributed by atoms with Gasteiger partial charge in [-0.2, -0.15) is 0 Å². The summed E-state index contributed by atoms with van der Waals surface area (Å²) in [6.45, 7) is 4.71. The molecule has 0 saturated heterocycles. The highest BCUT2D eigenvalue weighted by Crippen LogP contribution is 2.31. The van der Waals surface area contributed by atoms with Crippen molar-refractivity contribution < 1.29 is 19.0 Å². The van der Waals surface area contributed by atoms with E-state index >= 15 is 0 Å². The SMILES string of the molecule is CCCCCCOc1ccc(C=CC(=O)Nc2cc(C)c(Cl)cc2OC)cc1OC. The summed E-state index contributed by atoms with van der Waals surface area (Å²) in [5.41, 5.74) is 2.25. The average Bonchev–Trinajstić information content (AvgIpc) is 2.74. The minimum atomic E-state index is -0.273. The maximum absolute atomic E-state index is 12.4. The molecule has 0 aliphatic rings. The van der Waals surface area contributed by atoms with Gasteiger partial charge in [-0.15, -0.1) is 0 Å². The first kappa shape index (κ1) is 23.6. The van der Waals surface area contributed by atoms with E-state index in [2.05, 4.69) is 12.2 Å². The van der Waals surface area contributed by atoms with Crippen LogP contribution in [0.5, 0.6) is 17.2 Å². The number of hydrogen-bond acceptors (Lipinski definition) is 4. The summed E-state index contributed by atoms with van der Waals surface area (Å²) in [6.07, 6.45) is 7.77. The smallest absolute Gasteiger partial charge is 0.248 e. The van der Waals surface area contributed by atoms with Crippen molar-refractivity contribution in [3.05, 3.63) is 52.6 Å². The Kier molecular flexibility index (Phi) is 9.55. The average molecular weight is 432 g/mol. The Hall–Kier alpha value is -2.66. The Morgan fingerprint density at radius 1 is 1.03 bits per heavy atom. The van der Waals surface area contributed by atoms with Gasteiger partial charge in [0.25, 0.3) is 0 Å². The van der Waals surface area contributed by atoms with E-state index in [1.165, 1.54) is 26.0 Å². The van der Waals surface area contributed by atoms with E-state index in [9.17, 15) is 4.79 Å². The molecule has 1 amide bonds. The fraction of sp³-hybridized carbons (Fsp3) is 0.375. The molecule has 0 spiro atoms. The molecular weight excluding hydrogens is 402 g/mol. The van der Waals surface area contributed by atoms with Crippen molar-refractivity contribution in [1.29, 1.82) is 0 Å². The molecule has 0 unspecified atom stereocenters. The maximum atomic E-state index is 12.4. The van der Waals surface area contributed by atoms with Crippen LogP contribution < -0.4 is 19.5 Å². The van der Waals surface area contributed by atoms with Gasteiger partial charge in [0.1, 0.15) is 5.75 Å². The van der Waals surface area contributed by atoms with E-state index in [1.54, 1.807) is 25.3 Å². The number of anilines is 1. The number of benzene rings is 2. The number of unbranched alkanes of at least 4 members (excludes halogenated alkanes) is 3. The molecule has 2 aromatic rings. The highest BCUT2D eigenvalue weighted by atomic mass is 35.5.